The van der Waals surface area contributed by atoms with Crippen LogP contribution in [0.4, 0.5) is 0 Å². The third-order valence-electron chi connectivity index (χ3n) is 5.12. The van der Waals surface area contributed by atoms with E-state index >= 15 is 0 Å². The van der Waals surface area contributed by atoms with Gasteiger partial charge in [-0.25, -0.2) is 0 Å². The summed E-state index contributed by atoms with van der Waals surface area (Å²) in [6.45, 7) is 2.81. The highest BCUT2D eigenvalue weighted by molar-refractivity contribution is 8.08. The molecule has 29 heavy (non-hydrogen) atoms. The molecule has 0 saturated carbocycles. The fraction of sp³-hybridized carbons (Fsp3) is 0.429. The second kappa shape index (κ2) is 9.73. The van der Waals surface area contributed by atoms with Crippen LogP contribution in [0.3, 0.4) is 0 Å². The number of nitrogens with zero attached hydrogens (tertiary/aromatic N) is 1. The molecule has 0 radical (unpaired) electrons. The number of rotatable bonds is 8. The fourth-order valence-electron chi connectivity index (χ4n) is 3.53. The summed E-state index contributed by atoms with van der Waals surface area (Å²) >= 11 is 1.77. The lowest BCUT2D eigenvalue weighted by molar-refractivity contribution is -0.147. The van der Waals surface area contributed by atoms with E-state index in [4.69, 9.17) is 0 Å². The highest BCUT2D eigenvalue weighted by Gasteiger charge is 2.36. The summed E-state index contributed by atoms with van der Waals surface area (Å²) in [6.07, 6.45) is 1.75. The zero-order valence-electron chi connectivity index (χ0n) is 16.4. The van der Waals surface area contributed by atoms with Crippen LogP contribution in [0.25, 0.3) is 4.91 Å². The van der Waals surface area contributed by atoms with Gasteiger partial charge in [0.25, 0.3) is 5.91 Å². The Labute approximate surface area is 174 Å². The number of aldehydes is 1. The van der Waals surface area contributed by atoms with Crippen LogP contribution in [0.5, 0.6) is 0 Å². The van der Waals surface area contributed by atoms with E-state index in [9.17, 15) is 19.2 Å². The van der Waals surface area contributed by atoms with Gasteiger partial charge in [0.1, 0.15) is 12.3 Å². The van der Waals surface area contributed by atoms with E-state index in [-0.39, 0.29) is 18.7 Å². The number of carbonyl (C=O) groups excluding carboxylic acids is 4. The average molecular weight is 416 g/mol. The van der Waals surface area contributed by atoms with Gasteiger partial charge in [-0.2, -0.15) is 0 Å². The Hall–Kier alpha value is -2.61. The summed E-state index contributed by atoms with van der Waals surface area (Å²) in [6, 6.07) is 7.41. The van der Waals surface area contributed by atoms with Crippen molar-refractivity contribution in [2.45, 2.75) is 45.2 Å². The third kappa shape index (κ3) is 5.06. The second-order valence-electron chi connectivity index (χ2n) is 7.12. The Morgan fingerprint density at radius 3 is 2.69 bits per heavy atom. The van der Waals surface area contributed by atoms with E-state index in [2.05, 4.69) is 17.6 Å². The van der Waals surface area contributed by atoms with Gasteiger partial charge in [0, 0.05) is 36.5 Å². The van der Waals surface area contributed by atoms with Crippen LogP contribution in [0, 0.1) is 0 Å². The van der Waals surface area contributed by atoms with Gasteiger partial charge in [0.05, 0.1) is 5.88 Å². The molecule has 1 aromatic carbocycles. The predicted molar refractivity (Wildman–Crippen MR) is 112 cm³/mol. The third-order valence-corrected chi connectivity index (χ3v) is 6.24. The van der Waals surface area contributed by atoms with Gasteiger partial charge in [-0.15, -0.1) is 11.8 Å². The number of allylic oxidation sites excluding steroid dienone is 1. The molecule has 2 heterocycles. The minimum atomic E-state index is -0.667. The SMILES string of the molecule is CC1=C(c2ccc(CNC(=O)C3CCCN3C(=O)C(=O)CCC=O)cc2)SCN1. The first-order chi connectivity index (χ1) is 14.0. The maximum Gasteiger partial charge on any atom is 0.290 e. The molecule has 2 amide bonds. The fourth-order valence-corrected chi connectivity index (χ4v) is 4.55. The molecule has 1 fully saturated rings. The van der Waals surface area contributed by atoms with E-state index in [1.807, 2.05) is 24.3 Å². The van der Waals surface area contributed by atoms with Gasteiger partial charge in [0.2, 0.25) is 11.7 Å². The van der Waals surface area contributed by atoms with Crippen molar-refractivity contribution in [3.63, 3.8) is 0 Å². The van der Waals surface area contributed by atoms with Crippen LogP contribution in [-0.4, -0.2) is 47.2 Å². The minimum Gasteiger partial charge on any atom is -0.378 e. The molecule has 0 aromatic heterocycles. The van der Waals surface area contributed by atoms with Crippen molar-refractivity contribution in [3.8, 4) is 0 Å². The van der Waals surface area contributed by atoms with Crippen molar-refractivity contribution in [1.29, 1.82) is 0 Å². The maximum atomic E-state index is 12.6. The topological polar surface area (TPSA) is 95.6 Å². The molecule has 8 heteroatoms. The maximum absolute atomic E-state index is 12.6. The van der Waals surface area contributed by atoms with Crippen LogP contribution < -0.4 is 10.6 Å². The molecule has 1 unspecified atom stereocenters. The van der Waals surface area contributed by atoms with Crippen LogP contribution in [0.1, 0.15) is 43.7 Å². The Kier molecular flexibility index (Phi) is 7.09. The number of amides is 2. The largest absolute Gasteiger partial charge is 0.378 e. The lowest BCUT2D eigenvalue weighted by atomic mass is 10.1. The van der Waals surface area contributed by atoms with Crippen molar-refractivity contribution >= 4 is 40.6 Å². The molecule has 154 valence electrons. The number of ketones is 1. The van der Waals surface area contributed by atoms with E-state index in [0.29, 0.717) is 32.2 Å². The summed E-state index contributed by atoms with van der Waals surface area (Å²) in [5.41, 5.74) is 3.29. The van der Waals surface area contributed by atoms with Gasteiger partial charge in [0.15, 0.2) is 0 Å². The number of hydrogen-bond acceptors (Lipinski definition) is 6. The van der Waals surface area contributed by atoms with Crippen molar-refractivity contribution < 1.29 is 19.2 Å². The number of benzene rings is 1. The summed E-state index contributed by atoms with van der Waals surface area (Å²) in [5, 5.41) is 6.17. The lowest BCUT2D eigenvalue weighted by Crippen LogP contribution is -2.47. The molecule has 2 aliphatic rings. The first kappa shape index (κ1) is 21.1. The molecule has 0 aliphatic carbocycles. The van der Waals surface area contributed by atoms with Crippen LogP contribution in [0.15, 0.2) is 30.0 Å². The summed E-state index contributed by atoms with van der Waals surface area (Å²) < 4.78 is 0. The molecule has 0 bridgehead atoms. The smallest absolute Gasteiger partial charge is 0.290 e. The van der Waals surface area contributed by atoms with Gasteiger partial charge >= 0.3 is 0 Å². The van der Waals surface area contributed by atoms with Crippen molar-refractivity contribution in [2.75, 3.05) is 12.4 Å². The van der Waals surface area contributed by atoms with Crippen molar-refractivity contribution in [1.82, 2.24) is 15.5 Å². The molecular formula is C21H25N3O4S. The van der Waals surface area contributed by atoms with Crippen LogP contribution >= 0.6 is 11.8 Å². The molecular weight excluding hydrogens is 390 g/mol. The lowest BCUT2D eigenvalue weighted by Gasteiger charge is -2.23. The first-order valence-electron chi connectivity index (χ1n) is 9.73. The summed E-state index contributed by atoms with van der Waals surface area (Å²) in [7, 11) is 0. The van der Waals surface area contributed by atoms with Crippen molar-refractivity contribution in [2.24, 2.45) is 0 Å². The zero-order valence-corrected chi connectivity index (χ0v) is 17.2. The zero-order chi connectivity index (χ0) is 20.8. The van der Waals surface area contributed by atoms with Gasteiger partial charge < -0.3 is 20.3 Å². The molecule has 1 aromatic rings. The molecule has 7 nitrogen and oxygen atoms in total. The molecule has 3 rings (SSSR count). The van der Waals surface area contributed by atoms with Crippen molar-refractivity contribution in [3.05, 3.63) is 41.1 Å². The van der Waals surface area contributed by atoms with Crippen LogP contribution in [0.2, 0.25) is 0 Å². The Balaban J connectivity index is 1.55. The normalized spacial score (nSPS) is 18.5. The Morgan fingerprint density at radius 2 is 2.03 bits per heavy atom. The second-order valence-corrected chi connectivity index (χ2v) is 8.10. The van der Waals surface area contributed by atoms with E-state index in [1.165, 1.54) is 15.5 Å². The van der Waals surface area contributed by atoms with E-state index in [1.54, 1.807) is 11.8 Å². The summed E-state index contributed by atoms with van der Waals surface area (Å²) in [5.74, 6) is -0.651. The predicted octanol–water partition coefficient (Wildman–Crippen LogP) is 1.82. The number of Topliss-reactive ketones (excluding diaryl/α,β-unsaturated/α-hetero) is 1. The molecule has 0 spiro atoms. The molecule has 1 saturated heterocycles. The molecule has 2 aliphatic heterocycles. The number of nitrogens with one attached hydrogen (secondary N) is 2. The molecule has 2 N–H and O–H groups in total. The number of likely N-dealkylation sites (tertiary alicyclic amines) is 1. The Morgan fingerprint density at radius 1 is 1.28 bits per heavy atom. The monoisotopic (exact) mass is 415 g/mol. The highest BCUT2D eigenvalue weighted by Crippen LogP contribution is 2.33. The van der Waals surface area contributed by atoms with Crippen LogP contribution in [-0.2, 0) is 25.7 Å². The van der Waals surface area contributed by atoms with Gasteiger partial charge in [-0.1, -0.05) is 24.3 Å². The van der Waals surface area contributed by atoms with Gasteiger partial charge in [-0.3, -0.25) is 14.4 Å². The number of hydrogen-bond donors (Lipinski definition) is 2. The van der Waals surface area contributed by atoms with Gasteiger partial charge in [-0.05, 0) is 30.9 Å². The van der Waals surface area contributed by atoms with E-state index in [0.717, 1.165) is 17.0 Å². The number of thioether (sulfide) groups is 1. The highest BCUT2D eigenvalue weighted by atomic mass is 32.2. The quantitative estimate of drug-likeness (QED) is 0.497. The minimum absolute atomic E-state index is 0.0241. The first-order valence-corrected chi connectivity index (χ1v) is 10.7. The molecule has 1 atom stereocenters. The standard InChI is InChI=1S/C21H25N3O4S/c1-14-19(29-13-23-14)16-8-6-15(7-9-16)12-22-20(27)17-4-2-10-24(17)21(28)18(26)5-3-11-25/h6-9,11,17,23H,2-5,10,12-13H2,1H3,(H,22,27). The number of carbonyl (C=O) groups is 4. The summed E-state index contributed by atoms with van der Waals surface area (Å²) in [4.78, 5) is 49.8. The Bertz CT molecular complexity index is 835. The van der Waals surface area contributed by atoms with E-state index < -0.39 is 17.7 Å². The average Bonchev–Trinajstić information content (AvgIpc) is 3.39.